The Labute approximate surface area is 122 Å². The summed E-state index contributed by atoms with van der Waals surface area (Å²) in [5, 5.41) is 12.2. The van der Waals surface area contributed by atoms with E-state index >= 15 is 0 Å². The van der Waals surface area contributed by atoms with E-state index in [9.17, 15) is 14.7 Å². The van der Waals surface area contributed by atoms with Crippen molar-refractivity contribution in [2.24, 2.45) is 11.7 Å². The van der Waals surface area contributed by atoms with Crippen molar-refractivity contribution >= 4 is 17.6 Å². The summed E-state index contributed by atoms with van der Waals surface area (Å²) in [5.41, 5.74) is 11.2. The number of rotatable bonds is 3. The van der Waals surface area contributed by atoms with Crippen LogP contribution in [0.2, 0.25) is 0 Å². The minimum Gasteiger partial charge on any atom is -0.506 e. The number of carbonyl (C=O) groups excluding carboxylic acids is 2. The first kappa shape index (κ1) is 15.0. The zero-order chi connectivity index (χ0) is 15.4. The molecule has 6 N–H and O–H groups in total. The van der Waals surface area contributed by atoms with Crippen molar-refractivity contribution < 1.29 is 14.7 Å². The van der Waals surface area contributed by atoms with Crippen LogP contribution >= 0.6 is 0 Å². The van der Waals surface area contributed by atoms with Crippen LogP contribution in [0, 0.1) is 5.92 Å². The standard InChI is InChI=1S/C14H20N4O3/c15-11-4-3-10(6-12(11)19)13(20)18-5-1-2-9(8-18)7-17-14(16)21/h3-4,6,9,19H,1-2,5,7-8,15H2,(H3,16,17,21). The first-order valence-corrected chi connectivity index (χ1v) is 6.88. The summed E-state index contributed by atoms with van der Waals surface area (Å²) in [6.07, 6.45) is 1.81. The average molecular weight is 292 g/mol. The maximum absolute atomic E-state index is 12.4. The summed E-state index contributed by atoms with van der Waals surface area (Å²) in [5.74, 6) is -0.0449. The summed E-state index contributed by atoms with van der Waals surface area (Å²) < 4.78 is 0. The van der Waals surface area contributed by atoms with Gasteiger partial charge in [0.2, 0.25) is 0 Å². The molecule has 114 valence electrons. The third-order valence-corrected chi connectivity index (χ3v) is 3.65. The van der Waals surface area contributed by atoms with E-state index in [0.29, 0.717) is 25.2 Å². The van der Waals surface area contributed by atoms with Crippen LogP contribution in [0.3, 0.4) is 0 Å². The largest absolute Gasteiger partial charge is 0.506 e. The Hall–Kier alpha value is -2.44. The van der Waals surface area contributed by atoms with E-state index in [1.165, 1.54) is 12.1 Å². The number of benzene rings is 1. The number of aromatic hydroxyl groups is 1. The molecule has 3 amide bonds. The lowest BCUT2D eigenvalue weighted by molar-refractivity contribution is 0.0674. The minimum absolute atomic E-state index is 0.0928. The molecule has 0 spiro atoms. The highest BCUT2D eigenvalue weighted by Gasteiger charge is 2.25. The molecule has 1 aromatic carbocycles. The number of nitrogens with zero attached hydrogens (tertiary/aromatic N) is 1. The van der Waals surface area contributed by atoms with E-state index in [1.54, 1.807) is 11.0 Å². The maximum Gasteiger partial charge on any atom is 0.312 e. The van der Waals surface area contributed by atoms with Gasteiger partial charge < -0.3 is 26.8 Å². The second kappa shape index (κ2) is 6.34. The van der Waals surface area contributed by atoms with Gasteiger partial charge in [0.1, 0.15) is 5.75 Å². The van der Waals surface area contributed by atoms with E-state index < -0.39 is 6.03 Å². The molecule has 2 rings (SSSR count). The molecule has 1 aliphatic rings. The molecule has 1 fully saturated rings. The van der Waals surface area contributed by atoms with Gasteiger partial charge in [-0.2, -0.15) is 0 Å². The Kier molecular flexibility index (Phi) is 4.52. The minimum atomic E-state index is -0.554. The fourth-order valence-corrected chi connectivity index (χ4v) is 2.52. The number of amides is 3. The van der Waals surface area contributed by atoms with E-state index in [4.69, 9.17) is 11.5 Å². The fourth-order valence-electron chi connectivity index (χ4n) is 2.52. The molecular formula is C14H20N4O3. The number of hydrogen-bond donors (Lipinski definition) is 4. The van der Waals surface area contributed by atoms with Crippen LogP contribution in [0.15, 0.2) is 18.2 Å². The van der Waals surface area contributed by atoms with E-state index in [2.05, 4.69) is 5.32 Å². The molecule has 0 radical (unpaired) electrons. The smallest absolute Gasteiger partial charge is 0.312 e. The first-order chi connectivity index (χ1) is 9.97. The van der Waals surface area contributed by atoms with Gasteiger partial charge >= 0.3 is 6.03 Å². The molecule has 1 aromatic rings. The zero-order valence-corrected chi connectivity index (χ0v) is 11.7. The highest BCUT2D eigenvalue weighted by atomic mass is 16.3. The molecule has 21 heavy (non-hydrogen) atoms. The van der Waals surface area contributed by atoms with E-state index in [1.807, 2.05) is 0 Å². The number of primary amides is 1. The van der Waals surface area contributed by atoms with Crippen molar-refractivity contribution in [1.82, 2.24) is 10.2 Å². The third kappa shape index (κ3) is 3.77. The summed E-state index contributed by atoms with van der Waals surface area (Å²) in [6, 6.07) is 3.94. The highest BCUT2D eigenvalue weighted by Crippen LogP contribution is 2.23. The number of likely N-dealkylation sites (tertiary alicyclic amines) is 1. The van der Waals surface area contributed by atoms with Crippen LogP contribution in [0.4, 0.5) is 10.5 Å². The van der Waals surface area contributed by atoms with Crippen LogP contribution in [0.25, 0.3) is 0 Å². The zero-order valence-electron chi connectivity index (χ0n) is 11.7. The van der Waals surface area contributed by atoms with Crippen LogP contribution in [-0.4, -0.2) is 41.6 Å². The van der Waals surface area contributed by atoms with E-state index in [-0.39, 0.29) is 23.3 Å². The van der Waals surface area contributed by atoms with Gasteiger partial charge in [-0.15, -0.1) is 0 Å². The number of carbonyl (C=O) groups is 2. The number of phenols is 1. The Morgan fingerprint density at radius 1 is 1.43 bits per heavy atom. The third-order valence-electron chi connectivity index (χ3n) is 3.65. The fraction of sp³-hybridized carbons (Fsp3) is 0.429. The van der Waals surface area contributed by atoms with Crippen LogP contribution < -0.4 is 16.8 Å². The number of anilines is 1. The Balaban J connectivity index is 2.01. The number of phenolic OH excluding ortho intramolecular Hbond substituents is 1. The molecule has 1 aliphatic heterocycles. The summed E-state index contributed by atoms with van der Waals surface area (Å²) in [7, 11) is 0. The van der Waals surface area contributed by atoms with Gasteiger partial charge in [0.25, 0.3) is 5.91 Å². The van der Waals surface area contributed by atoms with E-state index in [0.717, 1.165) is 12.8 Å². The van der Waals surface area contributed by atoms with Crippen LogP contribution in [-0.2, 0) is 0 Å². The van der Waals surface area contributed by atoms with Crippen molar-refractivity contribution in [3.63, 3.8) is 0 Å². The van der Waals surface area contributed by atoms with Crippen molar-refractivity contribution in [3.8, 4) is 5.75 Å². The molecule has 1 unspecified atom stereocenters. The van der Waals surface area contributed by atoms with Crippen molar-refractivity contribution in [2.45, 2.75) is 12.8 Å². The number of urea groups is 1. The normalized spacial score (nSPS) is 18.3. The van der Waals surface area contributed by atoms with Crippen molar-refractivity contribution in [3.05, 3.63) is 23.8 Å². The quantitative estimate of drug-likeness (QED) is 0.478. The number of hydrogen-bond acceptors (Lipinski definition) is 4. The second-order valence-electron chi connectivity index (χ2n) is 5.28. The Morgan fingerprint density at radius 2 is 2.19 bits per heavy atom. The van der Waals surface area contributed by atoms with Gasteiger partial charge in [-0.05, 0) is 37.0 Å². The summed E-state index contributed by atoms with van der Waals surface area (Å²) >= 11 is 0. The predicted octanol–water partition coefficient (Wildman–Crippen LogP) is 0.495. The van der Waals surface area contributed by atoms with Gasteiger partial charge in [-0.1, -0.05) is 0 Å². The van der Waals surface area contributed by atoms with Gasteiger partial charge in [-0.3, -0.25) is 4.79 Å². The lowest BCUT2D eigenvalue weighted by atomic mass is 9.97. The Bertz CT molecular complexity index is 547. The number of nitrogens with one attached hydrogen (secondary N) is 1. The molecule has 1 saturated heterocycles. The molecular weight excluding hydrogens is 272 g/mol. The number of piperidine rings is 1. The Morgan fingerprint density at radius 3 is 2.86 bits per heavy atom. The van der Waals surface area contributed by atoms with Crippen LogP contribution in [0.1, 0.15) is 23.2 Å². The topological polar surface area (TPSA) is 122 Å². The van der Waals surface area contributed by atoms with Crippen LogP contribution in [0.5, 0.6) is 5.75 Å². The van der Waals surface area contributed by atoms with Gasteiger partial charge in [0.05, 0.1) is 5.69 Å². The summed E-state index contributed by atoms with van der Waals surface area (Å²) in [6.45, 7) is 1.69. The van der Waals surface area contributed by atoms with Crippen molar-refractivity contribution in [2.75, 3.05) is 25.4 Å². The number of nitrogens with two attached hydrogens (primary N) is 2. The first-order valence-electron chi connectivity index (χ1n) is 6.88. The second-order valence-corrected chi connectivity index (χ2v) is 5.28. The van der Waals surface area contributed by atoms with Gasteiger partial charge in [0, 0.05) is 25.2 Å². The molecule has 0 saturated carbocycles. The molecule has 0 aliphatic carbocycles. The lowest BCUT2D eigenvalue weighted by Gasteiger charge is -2.32. The molecule has 7 heteroatoms. The van der Waals surface area contributed by atoms with Gasteiger partial charge in [0.15, 0.2) is 0 Å². The average Bonchev–Trinajstić information content (AvgIpc) is 2.47. The SMILES string of the molecule is NC(=O)NCC1CCCN(C(=O)c2ccc(N)c(O)c2)C1. The summed E-state index contributed by atoms with van der Waals surface area (Å²) in [4.78, 5) is 24.9. The lowest BCUT2D eigenvalue weighted by Crippen LogP contribution is -2.44. The van der Waals surface area contributed by atoms with Crippen molar-refractivity contribution in [1.29, 1.82) is 0 Å². The molecule has 1 atom stereocenters. The van der Waals surface area contributed by atoms with Gasteiger partial charge in [-0.25, -0.2) is 4.79 Å². The monoisotopic (exact) mass is 292 g/mol. The molecule has 0 aromatic heterocycles. The molecule has 7 nitrogen and oxygen atoms in total. The highest BCUT2D eigenvalue weighted by molar-refractivity contribution is 5.95. The molecule has 1 heterocycles. The number of nitrogen functional groups attached to an aromatic ring is 1. The predicted molar refractivity (Wildman–Crippen MR) is 78.7 cm³/mol. The molecule has 0 bridgehead atoms. The maximum atomic E-state index is 12.4.